The molecule has 1 fully saturated rings. The van der Waals surface area contributed by atoms with Crippen molar-refractivity contribution >= 4 is 0 Å². The summed E-state index contributed by atoms with van der Waals surface area (Å²) in [5.74, 6) is 1.02. The predicted octanol–water partition coefficient (Wildman–Crippen LogP) is 3.78. The highest BCUT2D eigenvalue weighted by molar-refractivity contribution is 4.74. The van der Waals surface area contributed by atoms with Crippen LogP contribution in [0.5, 0.6) is 0 Å². The van der Waals surface area contributed by atoms with E-state index in [4.69, 9.17) is 0 Å². The van der Waals surface area contributed by atoms with E-state index in [9.17, 15) is 0 Å². The first-order valence-electron chi connectivity index (χ1n) is 5.04. The van der Waals surface area contributed by atoms with Gasteiger partial charge < -0.3 is 0 Å². The fraction of sp³-hybridized carbons (Fsp3) is 0.818. The molecule has 0 unspecified atom stereocenters. The van der Waals surface area contributed by atoms with Crippen LogP contribution in [0.2, 0.25) is 0 Å². The summed E-state index contributed by atoms with van der Waals surface area (Å²) in [6.07, 6.45) is 13.5. The molecule has 0 heterocycles. The van der Waals surface area contributed by atoms with Crippen LogP contribution in [0.25, 0.3) is 0 Å². The zero-order valence-corrected chi connectivity index (χ0v) is 7.52. The Morgan fingerprint density at radius 3 is 2.55 bits per heavy atom. The van der Waals surface area contributed by atoms with Crippen molar-refractivity contribution in [1.29, 1.82) is 0 Å². The van der Waals surface area contributed by atoms with Gasteiger partial charge in [-0.05, 0) is 18.8 Å². The van der Waals surface area contributed by atoms with E-state index in [-0.39, 0.29) is 0 Å². The van der Waals surface area contributed by atoms with Gasteiger partial charge in [-0.1, -0.05) is 51.9 Å². The van der Waals surface area contributed by atoms with Crippen LogP contribution in [0.15, 0.2) is 0 Å². The van der Waals surface area contributed by atoms with E-state index in [1.165, 1.54) is 44.9 Å². The molecule has 0 spiro atoms. The number of hydrogen-bond donors (Lipinski definition) is 0. The van der Waals surface area contributed by atoms with Crippen molar-refractivity contribution in [2.45, 2.75) is 51.4 Å². The van der Waals surface area contributed by atoms with Crippen molar-refractivity contribution in [3.05, 3.63) is 13.3 Å². The molecule has 0 N–H and O–H groups in total. The molecule has 0 aromatic rings. The summed E-state index contributed by atoms with van der Waals surface area (Å²) in [4.78, 5) is 0. The summed E-state index contributed by atoms with van der Waals surface area (Å²) >= 11 is 0. The Morgan fingerprint density at radius 1 is 1.18 bits per heavy atom. The lowest BCUT2D eigenvalue weighted by molar-refractivity contribution is 0.352. The molecule has 0 heteroatoms. The van der Waals surface area contributed by atoms with Crippen molar-refractivity contribution in [3.8, 4) is 0 Å². The fourth-order valence-corrected chi connectivity index (χ4v) is 1.92. The molecule has 0 aromatic heterocycles. The summed E-state index contributed by atoms with van der Waals surface area (Å²) in [6, 6.07) is 0. The van der Waals surface area contributed by atoms with Gasteiger partial charge in [-0.3, -0.25) is 0 Å². The van der Waals surface area contributed by atoms with Crippen molar-refractivity contribution < 1.29 is 0 Å². The molecule has 0 aromatic carbocycles. The summed E-state index contributed by atoms with van der Waals surface area (Å²) in [5.41, 5.74) is 0. The van der Waals surface area contributed by atoms with Crippen LogP contribution in [0, 0.1) is 19.3 Å². The largest absolute Gasteiger partial charge is 0.0533 e. The molecule has 1 aliphatic rings. The van der Waals surface area contributed by atoms with Crippen LogP contribution in [-0.2, 0) is 0 Å². The average Bonchev–Trinajstić information content (AvgIpc) is 2.07. The molecule has 1 aliphatic carbocycles. The van der Waals surface area contributed by atoms with Crippen LogP contribution in [0.4, 0.5) is 0 Å². The lowest BCUT2D eigenvalue weighted by atomic mass is 9.86. The van der Waals surface area contributed by atoms with Crippen molar-refractivity contribution in [1.82, 2.24) is 0 Å². The maximum Gasteiger partial charge on any atom is -0.0383 e. The highest BCUT2D eigenvalue weighted by Gasteiger charge is 2.11. The quantitative estimate of drug-likeness (QED) is 0.538. The third-order valence-electron chi connectivity index (χ3n) is 2.63. The fourth-order valence-electron chi connectivity index (χ4n) is 1.92. The van der Waals surface area contributed by atoms with Gasteiger partial charge in [0, 0.05) is 0 Å². The van der Waals surface area contributed by atoms with Gasteiger partial charge in [0.2, 0.25) is 0 Å². The molecule has 64 valence electrons. The van der Waals surface area contributed by atoms with Crippen LogP contribution in [0.3, 0.4) is 0 Å². The molecule has 0 atom stereocenters. The Morgan fingerprint density at radius 2 is 1.91 bits per heavy atom. The Kier molecular flexibility index (Phi) is 4.65. The Balaban J connectivity index is 1.96. The number of rotatable bonds is 4. The van der Waals surface area contributed by atoms with Gasteiger partial charge in [-0.15, -0.1) is 0 Å². The Bertz CT molecular complexity index is 80.0. The molecule has 0 bridgehead atoms. The van der Waals surface area contributed by atoms with Gasteiger partial charge in [0.15, 0.2) is 0 Å². The molecule has 11 heavy (non-hydrogen) atoms. The van der Waals surface area contributed by atoms with E-state index in [2.05, 4.69) is 13.3 Å². The molecule has 0 amide bonds. The molecule has 1 rings (SSSR count). The van der Waals surface area contributed by atoms with Crippen LogP contribution < -0.4 is 0 Å². The minimum absolute atomic E-state index is 1.02. The van der Waals surface area contributed by atoms with Gasteiger partial charge in [-0.2, -0.15) is 0 Å². The van der Waals surface area contributed by atoms with E-state index in [0.29, 0.717) is 0 Å². The Hall–Kier alpha value is 0. The molecule has 0 nitrogen and oxygen atoms in total. The molecular formula is C11H20. The highest BCUT2D eigenvalue weighted by Crippen LogP contribution is 2.27. The minimum Gasteiger partial charge on any atom is -0.0533 e. The molecule has 1 saturated carbocycles. The lowest BCUT2D eigenvalue weighted by Crippen LogP contribution is -2.05. The maximum atomic E-state index is 3.84. The molecule has 2 radical (unpaired) electrons. The van der Waals surface area contributed by atoms with E-state index >= 15 is 0 Å². The Labute approximate surface area is 71.4 Å². The summed E-state index contributed by atoms with van der Waals surface area (Å²) in [6.45, 7) is 3.84. The zero-order valence-electron chi connectivity index (χ0n) is 7.52. The van der Waals surface area contributed by atoms with Gasteiger partial charge in [0.05, 0.1) is 0 Å². The van der Waals surface area contributed by atoms with Gasteiger partial charge in [0.25, 0.3) is 0 Å². The van der Waals surface area contributed by atoms with E-state index in [1.807, 2.05) is 0 Å². The molecule has 0 aliphatic heterocycles. The van der Waals surface area contributed by atoms with Crippen LogP contribution in [0.1, 0.15) is 51.4 Å². The second kappa shape index (κ2) is 5.62. The second-order valence-electron chi connectivity index (χ2n) is 3.67. The smallest absolute Gasteiger partial charge is 0.0383 e. The second-order valence-corrected chi connectivity index (χ2v) is 3.67. The molecular weight excluding hydrogens is 132 g/mol. The summed E-state index contributed by atoms with van der Waals surface area (Å²) in [7, 11) is 0. The summed E-state index contributed by atoms with van der Waals surface area (Å²) < 4.78 is 0. The predicted molar refractivity (Wildman–Crippen MR) is 50.1 cm³/mol. The van der Waals surface area contributed by atoms with E-state index < -0.39 is 0 Å². The number of unbranched alkanes of at least 4 members (excludes halogenated alkanes) is 2. The first kappa shape index (κ1) is 9.09. The van der Waals surface area contributed by atoms with Crippen LogP contribution >= 0.6 is 0 Å². The van der Waals surface area contributed by atoms with E-state index in [1.54, 1.807) is 0 Å². The third kappa shape index (κ3) is 3.79. The standard InChI is InChI=1S/C11H20/c1-2-3-5-8-11-9-6-4-7-10-11/h5,11H,1-4,6-10H2. The molecule has 0 saturated heterocycles. The van der Waals surface area contributed by atoms with Gasteiger partial charge >= 0.3 is 0 Å². The van der Waals surface area contributed by atoms with Gasteiger partial charge in [-0.25, -0.2) is 0 Å². The topological polar surface area (TPSA) is 0 Å². The van der Waals surface area contributed by atoms with E-state index in [0.717, 1.165) is 12.3 Å². The minimum atomic E-state index is 1.02. The SMILES string of the molecule is [CH2]CC[CH]CC1CCCCC1. The lowest BCUT2D eigenvalue weighted by Gasteiger charge is -2.20. The van der Waals surface area contributed by atoms with Crippen molar-refractivity contribution in [3.63, 3.8) is 0 Å². The monoisotopic (exact) mass is 152 g/mol. The zero-order chi connectivity index (χ0) is 7.94. The van der Waals surface area contributed by atoms with Crippen molar-refractivity contribution in [2.75, 3.05) is 0 Å². The third-order valence-corrected chi connectivity index (χ3v) is 2.63. The first-order chi connectivity index (χ1) is 5.43. The first-order valence-corrected chi connectivity index (χ1v) is 5.04. The maximum absolute atomic E-state index is 3.84. The number of hydrogen-bond acceptors (Lipinski definition) is 0. The van der Waals surface area contributed by atoms with Crippen LogP contribution in [-0.4, -0.2) is 0 Å². The normalized spacial score (nSPS) is 20.5. The van der Waals surface area contributed by atoms with Crippen molar-refractivity contribution in [2.24, 2.45) is 5.92 Å². The van der Waals surface area contributed by atoms with Gasteiger partial charge in [0.1, 0.15) is 0 Å². The summed E-state index contributed by atoms with van der Waals surface area (Å²) in [5, 5.41) is 0. The highest BCUT2D eigenvalue weighted by atomic mass is 14.2. The average molecular weight is 152 g/mol.